The third-order valence-corrected chi connectivity index (χ3v) is 3.64. The summed E-state index contributed by atoms with van der Waals surface area (Å²) in [5, 5.41) is 12.0. The standard InChI is InChI=1S/C15H11F3N2S/c1-2-21-14-5-3-4-13(10(14)8-19)20-9-6-11(16)15(18)12(17)7-9/h3-7,20H,2H2,1H3. The number of hydrogen-bond donors (Lipinski definition) is 1. The average molecular weight is 308 g/mol. The van der Waals surface area contributed by atoms with E-state index in [-0.39, 0.29) is 5.69 Å². The Morgan fingerprint density at radius 2 is 1.86 bits per heavy atom. The molecule has 2 aromatic rings. The highest BCUT2D eigenvalue weighted by Gasteiger charge is 2.13. The van der Waals surface area contributed by atoms with Gasteiger partial charge in [-0.25, -0.2) is 13.2 Å². The number of nitrogens with zero attached hydrogens (tertiary/aromatic N) is 1. The fourth-order valence-electron chi connectivity index (χ4n) is 1.81. The van der Waals surface area contributed by atoms with Crippen molar-refractivity contribution in [1.29, 1.82) is 5.26 Å². The molecule has 2 nitrogen and oxygen atoms in total. The van der Waals surface area contributed by atoms with Crippen molar-refractivity contribution in [2.75, 3.05) is 11.1 Å². The molecule has 0 atom stereocenters. The summed E-state index contributed by atoms with van der Waals surface area (Å²) in [5.41, 5.74) is 0.845. The molecular formula is C15H11F3N2S. The van der Waals surface area contributed by atoms with Crippen molar-refractivity contribution in [2.24, 2.45) is 0 Å². The molecule has 0 unspecified atom stereocenters. The second kappa shape index (κ2) is 6.55. The van der Waals surface area contributed by atoms with E-state index in [1.54, 1.807) is 18.2 Å². The van der Waals surface area contributed by atoms with Crippen molar-refractivity contribution in [3.05, 3.63) is 53.3 Å². The van der Waals surface area contributed by atoms with Gasteiger partial charge in [0.25, 0.3) is 0 Å². The summed E-state index contributed by atoms with van der Waals surface area (Å²) in [6.07, 6.45) is 0. The first-order valence-corrected chi connectivity index (χ1v) is 7.12. The van der Waals surface area contributed by atoms with Crippen LogP contribution in [-0.4, -0.2) is 5.75 Å². The van der Waals surface area contributed by atoms with Crippen molar-refractivity contribution >= 4 is 23.1 Å². The molecule has 1 N–H and O–H groups in total. The highest BCUT2D eigenvalue weighted by atomic mass is 32.2. The van der Waals surface area contributed by atoms with Crippen LogP contribution in [0.5, 0.6) is 0 Å². The summed E-state index contributed by atoms with van der Waals surface area (Å²) in [4.78, 5) is 0.771. The molecule has 108 valence electrons. The van der Waals surface area contributed by atoms with Gasteiger partial charge in [0.15, 0.2) is 17.5 Å². The molecule has 0 spiro atoms. The van der Waals surface area contributed by atoms with Crippen molar-refractivity contribution in [3.8, 4) is 6.07 Å². The van der Waals surface area contributed by atoms with Crippen molar-refractivity contribution in [1.82, 2.24) is 0 Å². The largest absolute Gasteiger partial charge is 0.354 e. The molecule has 0 aliphatic rings. The van der Waals surface area contributed by atoms with E-state index in [1.807, 2.05) is 6.92 Å². The van der Waals surface area contributed by atoms with Crippen LogP contribution in [-0.2, 0) is 0 Å². The topological polar surface area (TPSA) is 35.8 Å². The zero-order valence-corrected chi connectivity index (χ0v) is 11.9. The summed E-state index contributed by atoms with van der Waals surface area (Å²) < 4.78 is 39.3. The fourth-order valence-corrected chi connectivity index (χ4v) is 2.60. The predicted octanol–water partition coefficient (Wildman–Crippen LogP) is 4.83. The summed E-state index contributed by atoms with van der Waals surface area (Å²) in [6, 6.07) is 8.91. The van der Waals surface area contributed by atoms with Crippen molar-refractivity contribution in [3.63, 3.8) is 0 Å². The van der Waals surface area contributed by atoms with Crippen LogP contribution in [0.2, 0.25) is 0 Å². The molecule has 0 saturated carbocycles. The third kappa shape index (κ3) is 3.31. The number of halogens is 3. The Bertz CT molecular complexity index is 688. The molecule has 0 saturated heterocycles. The molecule has 0 fully saturated rings. The highest BCUT2D eigenvalue weighted by molar-refractivity contribution is 7.99. The van der Waals surface area contributed by atoms with Crippen molar-refractivity contribution in [2.45, 2.75) is 11.8 Å². The first kappa shape index (κ1) is 15.3. The molecule has 2 rings (SSSR count). The number of rotatable bonds is 4. The van der Waals surface area contributed by atoms with E-state index in [9.17, 15) is 18.4 Å². The van der Waals surface area contributed by atoms with Gasteiger partial charge in [-0.3, -0.25) is 0 Å². The van der Waals surface area contributed by atoms with E-state index in [2.05, 4.69) is 11.4 Å². The van der Waals surface area contributed by atoms with E-state index in [4.69, 9.17) is 0 Å². The van der Waals surface area contributed by atoms with Crippen LogP contribution < -0.4 is 5.32 Å². The zero-order chi connectivity index (χ0) is 15.4. The minimum atomic E-state index is -1.52. The Labute approximate surface area is 124 Å². The SMILES string of the molecule is CCSc1cccc(Nc2cc(F)c(F)c(F)c2)c1C#N. The van der Waals surface area contributed by atoms with Crippen molar-refractivity contribution < 1.29 is 13.2 Å². The lowest BCUT2D eigenvalue weighted by atomic mass is 10.2. The van der Waals surface area contributed by atoms with Gasteiger partial charge in [0.1, 0.15) is 6.07 Å². The maximum absolute atomic E-state index is 13.2. The molecule has 0 aliphatic heterocycles. The summed E-state index contributed by atoms with van der Waals surface area (Å²) in [7, 11) is 0. The molecule has 0 radical (unpaired) electrons. The van der Waals surface area contributed by atoms with Gasteiger partial charge >= 0.3 is 0 Å². The Balaban J connectivity index is 2.40. The molecule has 0 amide bonds. The second-order valence-electron chi connectivity index (χ2n) is 4.10. The number of benzene rings is 2. The Morgan fingerprint density at radius 3 is 2.43 bits per heavy atom. The van der Waals surface area contributed by atoms with Gasteiger partial charge in [-0.05, 0) is 17.9 Å². The summed E-state index contributed by atoms with van der Waals surface area (Å²) in [5.74, 6) is -3.29. The minimum absolute atomic E-state index is 0.0431. The molecule has 0 aromatic heterocycles. The number of thioether (sulfide) groups is 1. The smallest absolute Gasteiger partial charge is 0.194 e. The Morgan fingerprint density at radius 1 is 1.19 bits per heavy atom. The van der Waals surface area contributed by atoms with E-state index in [0.717, 1.165) is 22.8 Å². The van der Waals surface area contributed by atoms with Crippen LogP contribution in [0.4, 0.5) is 24.5 Å². The molecule has 6 heteroatoms. The number of nitrogens with one attached hydrogen (secondary N) is 1. The lowest BCUT2D eigenvalue weighted by Crippen LogP contribution is -1.99. The first-order chi connectivity index (χ1) is 10.1. The highest BCUT2D eigenvalue weighted by Crippen LogP contribution is 2.30. The normalized spacial score (nSPS) is 10.2. The van der Waals surface area contributed by atoms with Gasteiger partial charge in [0.2, 0.25) is 0 Å². The average Bonchev–Trinajstić information content (AvgIpc) is 2.45. The summed E-state index contributed by atoms with van der Waals surface area (Å²) >= 11 is 1.49. The molecule has 0 heterocycles. The van der Waals surface area contributed by atoms with Crippen LogP contribution in [0, 0.1) is 28.8 Å². The third-order valence-electron chi connectivity index (χ3n) is 2.70. The van der Waals surface area contributed by atoms with E-state index < -0.39 is 17.5 Å². The van der Waals surface area contributed by atoms with Crippen LogP contribution in [0.3, 0.4) is 0 Å². The van der Waals surface area contributed by atoms with E-state index in [1.165, 1.54) is 11.8 Å². The molecule has 2 aromatic carbocycles. The van der Waals surface area contributed by atoms with Gasteiger partial charge in [0, 0.05) is 22.7 Å². The van der Waals surface area contributed by atoms with Gasteiger partial charge in [0.05, 0.1) is 11.3 Å². The van der Waals surface area contributed by atoms with Gasteiger partial charge < -0.3 is 5.32 Å². The number of anilines is 2. The fraction of sp³-hybridized carbons (Fsp3) is 0.133. The number of hydrogen-bond acceptors (Lipinski definition) is 3. The number of nitriles is 1. The predicted molar refractivity (Wildman–Crippen MR) is 77.2 cm³/mol. The molecule has 0 bridgehead atoms. The van der Waals surface area contributed by atoms with E-state index in [0.29, 0.717) is 11.3 Å². The van der Waals surface area contributed by atoms with Crippen LogP contribution in [0.15, 0.2) is 35.2 Å². The molecule has 21 heavy (non-hydrogen) atoms. The van der Waals surface area contributed by atoms with Gasteiger partial charge in [-0.2, -0.15) is 5.26 Å². The van der Waals surface area contributed by atoms with Crippen LogP contribution >= 0.6 is 11.8 Å². The summed E-state index contributed by atoms with van der Waals surface area (Å²) in [6.45, 7) is 1.96. The first-order valence-electron chi connectivity index (χ1n) is 6.14. The maximum Gasteiger partial charge on any atom is 0.194 e. The lowest BCUT2D eigenvalue weighted by Gasteiger charge is -2.11. The van der Waals surface area contributed by atoms with Crippen LogP contribution in [0.25, 0.3) is 0 Å². The minimum Gasteiger partial charge on any atom is -0.354 e. The lowest BCUT2D eigenvalue weighted by molar-refractivity contribution is 0.448. The maximum atomic E-state index is 13.2. The monoisotopic (exact) mass is 308 g/mol. The second-order valence-corrected chi connectivity index (χ2v) is 5.41. The van der Waals surface area contributed by atoms with Gasteiger partial charge in [-0.15, -0.1) is 11.8 Å². The van der Waals surface area contributed by atoms with E-state index >= 15 is 0 Å². The molecular weight excluding hydrogens is 297 g/mol. The Hall–Kier alpha value is -2.13. The van der Waals surface area contributed by atoms with Gasteiger partial charge in [-0.1, -0.05) is 13.0 Å². The Kier molecular flexibility index (Phi) is 4.76. The quantitative estimate of drug-likeness (QED) is 0.649. The molecule has 0 aliphatic carbocycles. The van der Waals surface area contributed by atoms with Crippen LogP contribution in [0.1, 0.15) is 12.5 Å². The zero-order valence-electron chi connectivity index (χ0n) is 11.1.